The lowest BCUT2D eigenvalue weighted by Crippen LogP contribution is -2.40. The van der Waals surface area contributed by atoms with Gasteiger partial charge in [-0.2, -0.15) is 4.98 Å². The Morgan fingerprint density at radius 1 is 1.13 bits per heavy atom. The third-order valence-corrected chi connectivity index (χ3v) is 6.79. The van der Waals surface area contributed by atoms with Crippen LogP contribution in [0.2, 0.25) is 5.02 Å². The largest absolute Gasteiger partial charge is 0.497 e. The summed E-state index contributed by atoms with van der Waals surface area (Å²) < 4.78 is 16.9. The molecule has 1 atom stereocenters. The van der Waals surface area contributed by atoms with Crippen LogP contribution >= 0.6 is 11.6 Å². The van der Waals surface area contributed by atoms with Crippen LogP contribution in [0.25, 0.3) is 11.4 Å². The third kappa shape index (κ3) is 6.15. The van der Waals surface area contributed by atoms with Crippen molar-refractivity contribution in [1.82, 2.24) is 15.0 Å². The molecule has 1 aliphatic rings. The molecular weight excluding hydrogens is 504 g/mol. The number of nitrogens with zero attached hydrogens (tertiary/aromatic N) is 3. The van der Waals surface area contributed by atoms with Crippen molar-refractivity contribution in [3.63, 3.8) is 0 Å². The molecular formula is C29H29ClN4O4. The number of amides is 1. The van der Waals surface area contributed by atoms with Crippen molar-refractivity contribution in [2.45, 2.75) is 26.3 Å². The van der Waals surface area contributed by atoms with Crippen molar-refractivity contribution in [2.24, 2.45) is 5.92 Å². The normalized spacial score (nSPS) is 15.7. The van der Waals surface area contributed by atoms with Crippen LogP contribution in [-0.4, -0.2) is 41.1 Å². The summed E-state index contributed by atoms with van der Waals surface area (Å²) in [5.74, 6) is 2.59. The summed E-state index contributed by atoms with van der Waals surface area (Å²) in [6.45, 7) is 3.95. The van der Waals surface area contributed by atoms with Gasteiger partial charge in [0.2, 0.25) is 17.6 Å². The van der Waals surface area contributed by atoms with E-state index in [9.17, 15) is 4.79 Å². The van der Waals surface area contributed by atoms with Crippen LogP contribution in [0.5, 0.6) is 17.2 Å². The fourth-order valence-corrected chi connectivity index (χ4v) is 4.74. The minimum atomic E-state index is -0.203. The first kappa shape index (κ1) is 25.8. The summed E-state index contributed by atoms with van der Waals surface area (Å²) >= 11 is 6.25. The molecule has 1 saturated heterocycles. The number of anilines is 1. The van der Waals surface area contributed by atoms with Crippen LogP contribution in [0.4, 0.5) is 5.69 Å². The molecule has 196 valence electrons. The Bertz CT molecular complexity index is 1420. The van der Waals surface area contributed by atoms with E-state index in [0.717, 1.165) is 30.5 Å². The van der Waals surface area contributed by atoms with E-state index < -0.39 is 0 Å². The Kier molecular flexibility index (Phi) is 7.91. The van der Waals surface area contributed by atoms with Crippen molar-refractivity contribution < 1.29 is 18.8 Å². The number of aromatic nitrogens is 2. The summed E-state index contributed by atoms with van der Waals surface area (Å²) in [7, 11) is 1.60. The fraction of sp³-hybridized carbons (Fsp3) is 0.276. The number of halogens is 1. The van der Waals surface area contributed by atoms with E-state index in [-0.39, 0.29) is 11.8 Å². The number of methoxy groups -OCH3 is 1. The molecule has 8 nitrogen and oxygen atoms in total. The Morgan fingerprint density at radius 3 is 2.82 bits per heavy atom. The van der Waals surface area contributed by atoms with Crippen LogP contribution in [0.15, 0.2) is 71.3 Å². The van der Waals surface area contributed by atoms with E-state index in [0.29, 0.717) is 52.8 Å². The first-order valence-electron chi connectivity index (χ1n) is 12.5. The molecule has 1 amide bonds. The van der Waals surface area contributed by atoms with Gasteiger partial charge >= 0.3 is 0 Å². The highest BCUT2D eigenvalue weighted by atomic mass is 35.5. The van der Waals surface area contributed by atoms with Gasteiger partial charge in [-0.3, -0.25) is 9.69 Å². The molecule has 5 rings (SSSR count). The summed E-state index contributed by atoms with van der Waals surface area (Å²) in [6, 6.07) is 20.4. The molecule has 1 N–H and O–H groups in total. The first-order valence-corrected chi connectivity index (χ1v) is 12.9. The summed E-state index contributed by atoms with van der Waals surface area (Å²) in [4.78, 5) is 20.1. The zero-order valence-corrected chi connectivity index (χ0v) is 22.1. The number of likely N-dealkylation sites (tertiary alicyclic amines) is 1. The summed E-state index contributed by atoms with van der Waals surface area (Å²) in [6.07, 6.45) is 1.67. The van der Waals surface area contributed by atoms with E-state index in [1.54, 1.807) is 31.4 Å². The van der Waals surface area contributed by atoms with Gasteiger partial charge in [0.1, 0.15) is 11.5 Å². The maximum Gasteiger partial charge on any atom is 0.241 e. The molecule has 0 aliphatic carbocycles. The van der Waals surface area contributed by atoms with Gasteiger partial charge in [-0.05, 0) is 62.2 Å². The molecule has 2 heterocycles. The van der Waals surface area contributed by atoms with Crippen LogP contribution in [-0.2, 0) is 11.3 Å². The molecule has 1 aliphatic heterocycles. The molecule has 0 saturated carbocycles. The van der Waals surface area contributed by atoms with Gasteiger partial charge in [0.15, 0.2) is 5.75 Å². The highest BCUT2D eigenvalue weighted by Crippen LogP contribution is 2.34. The van der Waals surface area contributed by atoms with Gasteiger partial charge in [-0.15, -0.1) is 0 Å². The maximum atomic E-state index is 13.3. The third-order valence-electron chi connectivity index (χ3n) is 6.56. The van der Waals surface area contributed by atoms with Gasteiger partial charge < -0.3 is 19.3 Å². The minimum absolute atomic E-state index is 0.0846. The number of piperidine rings is 1. The molecule has 3 aromatic carbocycles. The SMILES string of the molecule is COc1cccc(Oc2ccc(Cl)cc2NC(=O)C2CCCN(Cc3nc(-c4ccccc4C)no3)C2)c1. The number of benzene rings is 3. The molecule has 9 heteroatoms. The number of hydrogen-bond donors (Lipinski definition) is 1. The molecule has 38 heavy (non-hydrogen) atoms. The Balaban J connectivity index is 1.24. The van der Waals surface area contributed by atoms with Crippen LogP contribution in [0.3, 0.4) is 0 Å². The van der Waals surface area contributed by atoms with Crippen molar-refractivity contribution in [1.29, 1.82) is 0 Å². The van der Waals surface area contributed by atoms with Crippen LogP contribution < -0.4 is 14.8 Å². The number of ether oxygens (including phenoxy) is 2. The number of nitrogens with one attached hydrogen (secondary N) is 1. The van der Waals surface area contributed by atoms with Gasteiger partial charge in [-0.25, -0.2) is 0 Å². The van der Waals surface area contributed by atoms with E-state index in [4.69, 9.17) is 25.6 Å². The molecule has 0 bridgehead atoms. The topological polar surface area (TPSA) is 89.7 Å². The molecule has 4 aromatic rings. The molecule has 1 fully saturated rings. The minimum Gasteiger partial charge on any atom is -0.497 e. The predicted molar refractivity (Wildman–Crippen MR) is 146 cm³/mol. The van der Waals surface area contributed by atoms with E-state index in [2.05, 4.69) is 20.4 Å². The Morgan fingerprint density at radius 2 is 1.97 bits per heavy atom. The summed E-state index contributed by atoms with van der Waals surface area (Å²) in [5.41, 5.74) is 2.56. The van der Waals surface area contributed by atoms with E-state index in [1.807, 2.05) is 49.4 Å². The smallest absolute Gasteiger partial charge is 0.241 e. The lowest BCUT2D eigenvalue weighted by atomic mass is 9.97. The van der Waals surface area contributed by atoms with Gasteiger partial charge in [0.25, 0.3) is 0 Å². The fourth-order valence-electron chi connectivity index (χ4n) is 4.57. The molecule has 0 radical (unpaired) electrons. The quantitative estimate of drug-likeness (QED) is 0.283. The van der Waals surface area contributed by atoms with Gasteiger partial charge in [-0.1, -0.05) is 47.1 Å². The number of carbonyl (C=O) groups is 1. The van der Waals surface area contributed by atoms with E-state index >= 15 is 0 Å². The second-order valence-electron chi connectivity index (χ2n) is 9.31. The zero-order chi connectivity index (χ0) is 26.5. The first-order chi connectivity index (χ1) is 18.5. The Labute approximate surface area is 226 Å². The summed E-state index contributed by atoms with van der Waals surface area (Å²) in [5, 5.41) is 7.69. The highest BCUT2D eigenvalue weighted by molar-refractivity contribution is 6.31. The average Bonchev–Trinajstić information content (AvgIpc) is 3.39. The molecule has 0 spiro atoms. The number of carbonyl (C=O) groups excluding carboxylic acids is 1. The van der Waals surface area contributed by atoms with Crippen molar-refractivity contribution >= 4 is 23.2 Å². The standard InChI is InChI=1S/C29H29ClN4O4/c1-19-7-3-4-11-24(19)28-32-27(38-33-28)18-34-14-6-8-20(17-34)29(35)31-25-15-21(30)12-13-26(25)37-23-10-5-9-22(16-23)36-2/h3-5,7,9-13,15-16,20H,6,8,14,17-18H2,1-2H3,(H,31,35). The lowest BCUT2D eigenvalue weighted by Gasteiger charge is -2.31. The van der Waals surface area contributed by atoms with Crippen LogP contribution in [0.1, 0.15) is 24.3 Å². The van der Waals surface area contributed by atoms with E-state index in [1.165, 1.54) is 0 Å². The lowest BCUT2D eigenvalue weighted by molar-refractivity contribution is -0.121. The van der Waals surface area contributed by atoms with Gasteiger partial charge in [0.05, 0.1) is 25.3 Å². The second-order valence-corrected chi connectivity index (χ2v) is 9.75. The van der Waals surface area contributed by atoms with Crippen molar-refractivity contribution in [3.05, 3.63) is 83.2 Å². The monoisotopic (exact) mass is 532 g/mol. The number of aryl methyl sites for hydroxylation is 1. The highest BCUT2D eigenvalue weighted by Gasteiger charge is 2.28. The average molecular weight is 533 g/mol. The predicted octanol–water partition coefficient (Wildman–Crippen LogP) is 6.35. The Hall–Kier alpha value is -3.88. The zero-order valence-electron chi connectivity index (χ0n) is 21.3. The molecule has 1 aromatic heterocycles. The van der Waals surface area contributed by atoms with Crippen LogP contribution in [0, 0.1) is 12.8 Å². The maximum absolute atomic E-state index is 13.3. The molecule has 1 unspecified atom stereocenters. The number of rotatable bonds is 8. The van der Waals surface area contributed by atoms with Crippen molar-refractivity contribution in [2.75, 3.05) is 25.5 Å². The second kappa shape index (κ2) is 11.7. The number of hydrogen-bond acceptors (Lipinski definition) is 7. The van der Waals surface area contributed by atoms with Crippen molar-refractivity contribution in [3.8, 4) is 28.6 Å². The van der Waals surface area contributed by atoms with Gasteiger partial charge in [0, 0.05) is 23.2 Å².